The Morgan fingerprint density at radius 3 is 2.70 bits per heavy atom. The molecule has 0 aliphatic carbocycles. The Hall–Kier alpha value is -3.52. The molecule has 2 aromatic rings. The molecule has 2 aliphatic heterocycles. The van der Waals surface area contributed by atoms with Crippen LogP contribution in [0.3, 0.4) is 0 Å². The molecule has 1 saturated heterocycles. The number of para-hydroxylation sites is 1. The predicted molar refractivity (Wildman–Crippen MR) is 117 cm³/mol. The molecular formula is C22H24N6O2. The normalized spacial score (nSPS) is 23.8. The summed E-state index contributed by atoms with van der Waals surface area (Å²) in [5.74, 6) is -0.390. The van der Waals surface area contributed by atoms with E-state index in [0.717, 1.165) is 24.1 Å². The third kappa shape index (κ3) is 3.95. The lowest BCUT2D eigenvalue weighted by Crippen LogP contribution is -2.36. The fraction of sp³-hybridized carbons (Fsp3) is 0.273. The lowest BCUT2D eigenvalue weighted by atomic mass is 9.90. The molecule has 30 heavy (non-hydrogen) atoms. The molecule has 0 radical (unpaired) electrons. The number of anilines is 1. The molecule has 1 fully saturated rings. The van der Waals surface area contributed by atoms with Crippen molar-refractivity contribution in [3.8, 4) is 0 Å². The van der Waals surface area contributed by atoms with Crippen LogP contribution < -0.4 is 16.4 Å². The zero-order chi connectivity index (χ0) is 21.1. The van der Waals surface area contributed by atoms with Crippen molar-refractivity contribution >= 4 is 29.2 Å². The van der Waals surface area contributed by atoms with Crippen LogP contribution in [0.25, 0.3) is 0 Å². The molecular weight excluding hydrogens is 380 g/mol. The van der Waals surface area contributed by atoms with Crippen LogP contribution in [0, 0.1) is 10.8 Å². The Labute approximate surface area is 174 Å². The topological polar surface area (TPSA) is 125 Å². The Morgan fingerprint density at radius 2 is 1.97 bits per heavy atom. The molecule has 2 unspecified atom stereocenters. The lowest BCUT2D eigenvalue weighted by Gasteiger charge is -2.22. The van der Waals surface area contributed by atoms with Crippen LogP contribution in [0.1, 0.15) is 24.5 Å². The Bertz CT molecular complexity index is 1020. The third-order valence-corrected chi connectivity index (χ3v) is 5.35. The van der Waals surface area contributed by atoms with Crippen LogP contribution >= 0.6 is 0 Å². The summed E-state index contributed by atoms with van der Waals surface area (Å²) >= 11 is 0. The number of carbonyl (C=O) groups excluding carboxylic acids is 1. The van der Waals surface area contributed by atoms with E-state index in [-0.39, 0.29) is 11.9 Å². The number of benzodiazepines with no additional fused rings is 1. The summed E-state index contributed by atoms with van der Waals surface area (Å²) in [5, 5.41) is 14.3. The van der Waals surface area contributed by atoms with Gasteiger partial charge in [-0.05, 0) is 26.0 Å². The number of aliphatic imine (C=N–C) groups is 2. The summed E-state index contributed by atoms with van der Waals surface area (Å²) in [7, 11) is 0. The van der Waals surface area contributed by atoms with Crippen molar-refractivity contribution in [2.45, 2.75) is 19.5 Å². The first-order chi connectivity index (χ1) is 14.5. The second-order valence-corrected chi connectivity index (χ2v) is 7.64. The summed E-state index contributed by atoms with van der Waals surface area (Å²) in [6, 6.07) is 16.8. The van der Waals surface area contributed by atoms with Gasteiger partial charge in [0.15, 0.2) is 5.90 Å². The van der Waals surface area contributed by atoms with Crippen molar-refractivity contribution in [3.05, 3.63) is 65.7 Å². The standard InChI is InChI=1S/C22H24N6O2/c1-22(11-12-25-13-22)20(23)30-21(24)28-18-19(29)26-16-10-6-5-9-15(16)17(27-18)14-7-3-2-4-8-14/h2-10,18,23,25H,11-13H2,1H3,(H2,24,28)(H,26,29). The Balaban J connectivity index is 1.66. The number of carbonyl (C=O) groups is 1. The van der Waals surface area contributed by atoms with E-state index in [1.165, 1.54) is 0 Å². The van der Waals surface area contributed by atoms with Gasteiger partial charge in [-0.3, -0.25) is 10.2 Å². The molecule has 0 bridgehead atoms. The highest BCUT2D eigenvalue weighted by atomic mass is 16.5. The molecule has 2 heterocycles. The van der Waals surface area contributed by atoms with Crippen LogP contribution in [-0.4, -0.2) is 42.8 Å². The van der Waals surface area contributed by atoms with Crippen LogP contribution in [0.4, 0.5) is 5.69 Å². The van der Waals surface area contributed by atoms with E-state index in [0.29, 0.717) is 17.9 Å². The Morgan fingerprint density at radius 1 is 1.23 bits per heavy atom. The van der Waals surface area contributed by atoms with E-state index >= 15 is 0 Å². The van der Waals surface area contributed by atoms with Crippen molar-refractivity contribution in [2.24, 2.45) is 21.1 Å². The van der Waals surface area contributed by atoms with Crippen molar-refractivity contribution in [1.82, 2.24) is 5.32 Å². The summed E-state index contributed by atoms with van der Waals surface area (Å²) in [6.07, 6.45) is -0.357. The number of nitrogens with zero attached hydrogens (tertiary/aromatic N) is 2. The highest BCUT2D eigenvalue weighted by molar-refractivity contribution is 6.19. The van der Waals surface area contributed by atoms with Gasteiger partial charge in [0.05, 0.1) is 16.8 Å². The smallest absolute Gasteiger partial charge is 0.291 e. The number of fused-ring (bicyclic) bond motifs is 1. The van der Waals surface area contributed by atoms with E-state index in [1.807, 2.05) is 61.5 Å². The molecule has 2 aromatic carbocycles. The first-order valence-corrected chi connectivity index (χ1v) is 9.81. The van der Waals surface area contributed by atoms with Gasteiger partial charge in [0.1, 0.15) is 0 Å². The summed E-state index contributed by atoms with van der Waals surface area (Å²) < 4.78 is 5.47. The summed E-state index contributed by atoms with van der Waals surface area (Å²) in [5.41, 5.74) is 8.45. The molecule has 4 rings (SSSR count). The van der Waals surface area contributed by atoms with E-state index in [2.05, 4.69) is 20.6 Å². The maximum atomic E-state index is 12.8. The minimum absolute atomic E-state index is 0.0262. The van der Waals surface area contributed by atoms with Gasteiger partial charge in [-0.15, -0.1) is 0 Å². The molecule has 2 atom stereocenters. The van der Waals surface area contributed by atoms with Crippen LogP contribution in [-0.2, 0) is 9.53 Å². The van der Waals surface area contributed by atoms with E-state index in [9.17, 15) is 4.79 Å². The number of nitrogens with two attached hydrogens (primary N) is 1. The SMILES string of the molecule is CC1(C(=N)O/C(N)=N/C2N=C(c3ccccc3)c3ccccc3NC2=O)CCNC1. The minimum Gasteiger partial charge on any atom is -0.411 e. The zero-order valence-corrected chi connectivity index (χ0v) is 16.7. The van der Waals surface area contributed by atoms with Crippen molar-refractivity contribution in [3.63, 3.8) is 0 Å². The number of benzene rings is 2. The van der Waals surface area contributed by atoms with E-state index in [4.69, 9.17) is 15.9 Å². The fourth-order valence-electron chi connectivity index (χ4n) is 3.55. The second kappa shape index (κ2) is 8.08. The average Bonchev–Trinajstić information content (AvgIpc) is 3.14. The number of rotatable bonds is 3. The zero-order valence-electron chi connectivity index (χ0n) is 16.7. The first-order valence-electron chi connectivity index (χ1n) is 9.81. The molecule has 0 spiro atoms. The lowest BCUT2D eigenvalue weighted by molar-refractivity contribution is -0.117. The largest absolute Gasteiger partial charge is 0.411 e. The predicted octanol–water partition coefficient (Wildman–Crippen LogP) is 2.11. The third-order valence-electron chi connectivity index (χ3n) is 5.35. The number of hydrogen-bond donors (Lipinski definition) is 4. The highest BCUT2D eigenvalue weighted by Crippen LogP contribution is 2.27. The van der Waals surface area contributed by atoms with Crippen molar-refractivity contribution in [2.75, 3.05) is 18.4 Å². The van der Waals surface area contributed by atoms with E-state index < -0.39 is 17.5 Å². The first kappa shape index (κ1) is 19.8. The van der Waals surface area contributed by atoms with Crippen molar-refractivity contribution in [1.29, 1.82) is 5.41 Å². The Kier molecular flexibility index (Phi) is 5.33. The number of ether oxygens (including phenoxy) is 1. The van der Waals surface area contributed by atoms with E-state index in [1.54, 1.807) is 0 Å². The molecule has 5 N–H and O–H groups in total. The van der Waals surface area contributed by atoms with Crippen molar-refractivity contribution < 1.29 is 9.53 Å². The van der Waals surface area contributed by atoms with Crippen LogP contribution in [0.15, 0.2) is 64.6 Å². The molecule has 154 valence electrons. The van der Waals surface area contributed by atoms with Gasteiger partial charge in [0.25, 0.3) is 11.9 Å². The monoisotopic (exact) mass is 404 g/mol. The summed E-state index contributed by atoms with van der Waals surface area (Å²) in [4.78, 5) is 21.6. The highest BCUT2D eigenvalue weighted by Gasteiger charge is 2.36. The quantitative estimate of drug-likeness (QED) is 0.462. The van der Waals surface area contributed by atoms with Crippen LogP contribution in [0.2, 0.25) is 0 Å². The second-order valence-electron chi connectivity index (χ2n) is 7.64. The van der Waals surface area contributed by atoms with Gasteiger partial charge in [-0.2, -0.15) is 4.99 Å². The number of amides is 1. The molecule has 1 amide bonds. The number of nitrogens with one attached hydrogen (secondary N) is 3. The molecule has 8 nitrogen and oxygen atoms in total. The van der Waals surface area contributed by atoms with Crippen LogP contribution in [0.5, 0.6) is 0 Å². The summed E-state index contributed by atoms with van der Waals surface area (Å²) in [6.45, 7) is 3.38. The van der Waals surface area contributed by atoms with Gasteiger partial charge in [-0.1, -0.05) is 48.5 Å². The average molecular weight is 404 g/mol. The molecule has 2 aliphatic rings. The van der Waals surface area contributed by atoms with Gasteiger partial charge < -0.3 is 21.1 Å². The van der Waals surface area contributed by atoms with Gasteiger partial charge in [-0.25, -0.2) is 4.99 Å². The van der Waals surface area contributed by atoms with Gasteiger partial charge in [0, 0.05) is 17.7 Å². The number of amidine groups is 1. The maximum Gasteiger partial charge on any atom is 0.291 e. The van der Waals surface area contributed by atoms with Gasteiger partial charge in [0.2, 0.25) is 6.17 Å². The van der Waals surface area contributed by atoms with Gasteiger partial charge >= 0.3 is 0 Å². The fourth-order valence-corrected chi connectivity index (χ4v) is 3.55. The maximum absolute atomic E-state index is 12.8. The molecule has 0 saturated carbocycles. The minimum atomic E-state index is -1.13. The molecule has 8 heteroatoms. The molecule has 0 aromatic heterocycles. The number of hydrogen-bond acceptors (Lipinski definition) is 6.